The van der Waals surface area contributed by atoms with E-state index in [0.717, 1.165) is 0 Å². The standard InChI is InChI=1S/C24H24ClF2N5O2/c1-24(4-2-11-6-14(26)12-8-13(25)22(28)31-16(12)7-11)9-18(20(33)21(24)34)32-10-15(27)19-17(32)3-5-30-23(19)29/h3,5-8,10,18,20-21,33-34H,2,4,9H2,1H3,(H2,28,31)(H2,29,30)/t18-,20+,21+,24+/m1/s1. The lowest BCUT2D eigenvalue weighted by molar-refractivity contribution is -0.0241. The molecule has 1 aliphatic rings. The number of anilines is 2. The molecule has 0 radical (unpaired) electrons. The van der Waals surface area contributed by atoms with Crippen molar-refractivity contribution in [3.63, 3.8) is 0 Å². The average Bonchev–Trinajstić information content (AvgIpc) is 3.24. The Morgan fingerprint density at radius 2 is 1.94 bits per heavy atom. The summed E-state index contributed by atoms with van der Waals surface area (Å²) in [6.45, 7) is 1.87. The van der Waals surface area contributed by atoms with Gasteiger partial charge in [-0.1, -0.05) is 18.5 Å². The third-order valence-electron chi connectivity index (χ3n) is 7.10. The smallest absolute Gasteiger partial charge is 0.152 e. The molecule has 0 amide bonds. The number of benzene rings is 1. The van der Waals surface area contributed by atoms with Gasteiger partial charge >= 0.3 is 0 Å². The van der Waals surface area contributed by atoms with Gasteiger partial charge in [0, 0.05) is 17.8 Å². The second kappa shape index (κ2) is 8.04. The van der Waals surface area contributed by atoms with Crippen LogP contribution in [-0.4, -0.2) is 37.0 Å². The Hall–Kier alpha value is -3.01. The Morgan fingerprint density at radius 3 is 2.71 bits per heavy atom. The number of halogens is 3. The van der Waals surface area contributed by atoms with Crippen LogP contribution in [0.15, 0.2) is 36.7 Å². The zero-order chi connectivity index (χ0) is 24.4. The van der Waals surface area contributed by atoms with E-state index in [1.807, 2.05) is 6.92 Å². The first kappa shape index (κ1) is 22.8. The quantitative estimate of drug-likeness (QED) is 0.345. The van der Waals surface area contributed by atoms with Gasteiger partial charge in [-0.25, -0.2) is 18.7 Å². The first-order chi connectivity index (χ1) is 16.1. The van der Waals surface area contributed by atoms with Crippen LogP contribution in [0, 0.1) is 17.0 Å². The molecule has 3 heterocycles. The van der Waals surface area contributed by atoms with Gasteiger partial charge in [0.25, 0.3) is 0 Å². The highest BCUT2D eigenvalue weighted by molar-refractivity contribution is 6.33. The summed E-state index contributed by atoms with van der Waals surface area (Å²) in [6, 6.07) is 5.68. The van der Waals surface area contributed by atoms with Crippen molar-refractivity contribution in [2.75, 3.05) is 11.5 Å². The number of nitrogen functional groups attached to an aromatic ring is 2. The van der Waals surface area contributed by atoms with Gasteiger partial charge in [-0.2, -0.15) is 0 Å². The number of nitrogens with two attached hydrogens (primary N) is 2. The Labute approximate surface area is 199 Å². The number of pyridine rings is 2. The minimum atomic E-state index is -1.12. The number of aliphatic hydroxyl groups is 2. The van der Waals surface area contributed by atoms with Crippen molar-refractivity contribution in [1.82, 2.24) is 14.5 Å². The maximum absolute atomic E-state index is 14.7. The molecule has 0 unspecified atom stereocenters. The van der Waals surface area contributed by atoms with E-state index in [-0.39, 0.29) is 27.4 Å². The van der Waals surface area contributed by atoms with Gasteiger partial charge in [-0.3, -0.25) is 0 Å². The van der Waals surface area contributed by atoms with Crippen molar-refractivity contribution < 1.29 is 19.0 Å². The highest BCUT2D eigenvalue weighted by atomic mass is 35.5. The predicted molar refractivity (Wildman–Crippen MR) is 127 cm³/mol. The van der Waals surface area contributed by atoms with E-state index >= 15 is 0 Å². The van der Waals surface area contributed by atoms with Crippen molar-refractivity contribution in [3.05, 3.63) is 58.9 Å². The van der Waals surface area contributed by atoms with Crippen molar-refractivity contribution in [2.24, 2.45) is 5.41 Å². The lowest BCUT2D eigenvalue weighted by Crippen LogP contribution is -2.35. The zero-order valence-electron chi connectivity index (χ0n) is 18.3. The maximum Gasteiger partial charge on any atom is 0.152 e. The summed E-state index contributed by atoms with van der Waals surface area (Å²) in [7, 11) is 0. The topological polar surface area (TPSA) is 123 Å². The van der Waals surface area contributed by atoms with Crippen LogP contribution in [0.2, 0.25) is 5.02 Å². The molecule has 4 aromatic rings. The van der Waals surface area contributed by atoms with E-state index in [4.69, 9.17) is 23.1 Å². The van der Waals surface area contributed by atoms with Crippen molar-refractivity contribution >= 4 is 45.0 Å². The fourth-order valence-corrected chi connectivity index (χ4v) is 5.32. The van der Waals surface area contributed by atoms with Gasteiger partial charge in [0.2, 0.25) is 0 Å². The van der Waals surface area contributed by atoms with Crippen molar-refractivity contribution in [3.8, 4) is 0 Å². The largest absolute Gasteiger partial charge is 0.390 e. The van der Waals surface area contributed by atoms with Gasteiger partial charge in [0.05, 0.1) is 33.6 Å². The van der Waals surface area contributed by atoms with E-state index < -0.39 is 35.3 Å². The van der Waals surface area contributed by atoms with E-state index in [1.165, 1.54) is 24.5 Å². The lowest BCUT2D eigenvalue weighted by atomic mass is 9.80. The molecule has 10 heteroatoms. The third kappa shape index (κ3) is 3.55. The number of rotatable bonds is 4. The van der Waals surface area contributed by atoms with Crippen LogP contribution < -0.4 is 11.5 Å². The van der Waals surface area contributed by atoms with Crippen LogP contribution in [0.4, 0.5) is 20.4 Å². The molecule has 1 aromatic carbocycles. The third-order valence-corrected chi connectivity index (χ3v) is 7.40. The Morgan fingerprint density at radius 1 is 1.18 bits per heavy atom. The van der Waals surface area contributed by atoms with Gasteiger partial charge < -0.3 is 26.2 Å². The van der Waals surface area contributed by atoms with Crippen LogP contribution >= 0.6 is 11.6 Å². The lowest BCUT2D eigenvalue weighted by Gasteiger charge is -2.28. The summed E-state index contributed by atoms with van der Waals surface area (Å²) in [4.78, 5) is 8.11. The van der Waals surface area contributed by atoms with E-state index in [0.29, 0.717) is 35.9 Å². The van der Waals surface area contributed by atoms with Gasteiger partial charge in [-0.15, -0.1) is 0 Å². The number of hydrogen-bond donors (Lipinski definition) is 4. The van der Waals surface area contributed by atoms with Gasteiger partial charge in [0.1, 0.15) is 23.6 Å². The summed E-state index contributed by atoms with van der Waals surface area (Å²) in [5.74, 6) is -0.804. The highest BCUT2D eigenvalue weighted by Gasteiger charge is 2.50. The molecule has 3 aromatic heterocycles. The van der Waals surface area contributed by atoms with Crippen molar-refractivity contribution in [1.29, 1.82) is 0 Å². The van der Waals surface area contributed by atoms with Crippen LogP contribution in [0.3, 0.4) is 0 Å². The fourth-order valence-electron chi connectivity index (χ4n) is 5.16. The van der Waals surface area contributed by atoms with E-state index in [1.54, 1.807) is 16.7 Å². The Kier molecular flexibility index (Phi) is 5.38. The van der Waals surface area contributed by atoms with E-state index in [9.17, 15) is 19.0 Å². The average molecular weight is 488 g/mol. The number of aliphatic hydroxyl groups excluding tert-OH is 2. The number of nitrogens with zero attached hydrogens (tertiary/aromatic N) is 3. The maximum atomic E-state index is 14.7. The molecule has 0 bridgehead atoms. The molecular formula is C24H24ClF2N5O2. The molecule has 0 spiro atoms. The molecule has 0 saturated heterocycles. The molecule has 6 N–H and O–H groups in total. The fraction of sp³-hybridized carbons (Fsp3) is 0.333. The highest BCUT2D eigenvalue weighted by Crippen LogP contribution is 2.48. The first-order valence-corrected chi connectivity index (χ1v) is 11.3. The summed E-state index contributed by atoms with van der Waals surface area (Å²) in [6.07, 6.45) is 1.86. The second-order valence-corrected chi connectivity index (χ2v) is 9.74. The number of fused-ring (bicyclic) bond motifs is 2. The Bertz CT molecular complexity index is 1430. The zero-order valence-corrected chi connectivity index (χ0v) is 19.1. The molecule has 0 aliphatic heterocycles. The monoisotopic (exact) mass is 487 g/mol. The normalized spacial score (nSPS) is 24.9. The van der Waals surface area contributed by atoms with Crippen molar-refractivity contribution in [2.45, 2.75) is 44.4 Å². The summed E-state index contributed by atoms with van der Waals surface area (Å²) in [5, 5.41) is 22.5. The molecule has 1 saturated carbocycles. The SMILES string of the molecule is C[C@]1(CCc2cc(F)c3cc(Cl)c(N)nc3c2)C[C@@H](n2cc(F)c3c(N)nccc32)[C@H](O)[C@@H]1O. The molecular weight excluding hydrogens is 464 g/mol. The number of aryl methyl sites for hydroxylation is 1. The van der Waals surface area contributed by atoms with Gasteiger partial charge in [-0.05, 0) is 54.5 Å². The number of aromatic nitrogens is 3. The number of hydrogen-bond acceptors (Lipinski definition) is 6. The first-order valence-electron chi connectivity index (χ1n) is 10.9. The van der Waals surface area contributed by atoms with Crippen LogP contribution in [0.1, 0.15) is 31.4 Å². The van der Waals surface area contributed by atoms with E-state index in [2.05, 4.69) is 9.97 Å². The summed E-state index contributed by atoms with van der Waals surface area (Å²) >= 11 is 5.96. The minimum absolute atomic E-state index is 0.0680. The molecule has 5 rings (SSSR count). The molecule has 7 nitrogen and oxygen atoms in total. The summed E-state index contributed by atoms with van der Waals surface area (Å²) < 4.78 is 30.9. The molecule has 1 fully saturated rings. The van der Waals surface area contributed by atoms with Crippen LogP contribution in [-0.2, 0) is 6.42 Å². The predicted octanol–water partition coefficient (Wildman–Crippen LogP) is 3.99. The minimum Gasteiger partial charge on any atom is -0.390 e. The Balaban J connectivity index is 1.42. The summed E-state index contributed by atoms with van der Waals surface area (Å²) in [5.41, 5.74) is 12.5. The second-order valence-electron chi connectivity index (χ2n) is 9.34. The molecule has 4 atom stereocenters. The molecule has 1 aliphatic carbocycles. The van der Waals surface area contributed by atoms with Crippen LogP contribution in [0.5, 0.6) is 0 Å². The molecule has 34 heavy (non-hydrogen) atoms. The molecule has 178 valence electrons. The van der Waals surface area contributed by atoms with Crippen LogP contribution in [0.25, 0.3) is 21.8 Å². The van der Waals surface area contributed by atoms with Gasteiger partial charge in [0.15, 0.2) is 5.82 Å².